The molecule has 0 unspecified atom stereocenters. The molecule has 1 aliphatic rings. The third-order valence-corrected chi connectivity index (χ3v) is 4.18. The lowest BCUT2D eigenvalue weighted by atomic mass is 10.1. The van der Waals surface area contributed by atoms with Crippen molar-refractivity contribution in [3.63, 3.8) is 0 Å². The summed E-state index contributed by atoms with van der Waals surface area (Å²) >= 11 is 0. The summed E-state index contributed by atoms with van der Waals surface area (Å²) in [5, 5.41) is 4.72. The van der Waals surface area contributed by atoms with Crippen molar-refractivity contribution in [3.8, 4) is 28.4 Å². The SMILES string of the molecule is COC(=O)/C=C/c1cn(-c2ccccc2)nc1-c1ccc2c(c1)OCCO2. The van der Waals surface area contributed by atoms with Crippen LogP contribution in [0.1, 0.15) is 5.56 Å². The van der Waals surface area contributed by atoms with Gasteiger partial charge in [0.25, 0.3) is 0 Å². The molecule has 4 rings (SSSR count). The monoisotopic (exact) mass is 362 g/mol. The number of para-hydroxylation sites is 1. The largest absolute Gasteiger partial charge is 0.486 e. The molecule has 0 N–H and O–H groups in total. The molecule has 0 spiro atoms. The number of nitrogens with zero attached hydrogens (tertiary/aromatic N) is 2. The van der Waals surface area contributed by atoms with Gasteiger partial charge >= 0.3 is 5.97 Å². The quantitative estimate of drug-likeness (QED) is 0.525. The minimum Gasteiger partial charge on any atom is -0.486 e. The van der Waals surface area contributed by atoms with Gasteiger partial charge in [0.2, 0.25) is 0 Å². The van der Waals surface area contributed by atoms with E-state index in [-0.39, 0.29) is 0 Å². The Hall–Kier alpha value is -3.54. The highest BCUT2D eigenvalue weighted by molar-refractivity contribution is 5.88. The lowest BCUT2D eigenvalue weighted by Crippen LogP contribution is -2.15. The maximum atomic E-state index is 11.5. The minimum atomic E-state index is -0.421. The second-order valence-corrected chi connectivity index (χ2v) is 5.93. The fourth-order valence-electron chi connectivity index (χ4n) is 2.86. The van der Waals surface area contributed by atoms with Gasteiger partial charge in [0.1, 0.15) is 18.9 Å². The third-order valence-electron chi connectivity index (χ3n) is 4.18. The fourth-order valence-corrected chi connectivity index (χ4v) is 2.86. The van der Waals surface area contributed by atoms with Gasteiger partial charge in [-0.25, -0.2) is 9.48 Å². The molecule has 0 amide bonds. The first-order valence-corrected chi connectivity index (χ1v) is 8.56. The molecule has 0 saturated carbocycles. The van der Waals surface area contributed by atoms with Gasteiger partial charge in [-0.3, -0.25) is 0 Å². The summed E-state index contributed by atoms with van der Waals surface area (Å²) in [5.41, 5.74) is 3.32. The Morgan fingerprint density at radius 2 is 1.89 bits per heavy atom. The molecule has 3 aromatic rings. The van der Waals surface area contributed by atoms with E-state index >= 15 is 0 Å². The minimum absolute atomic E-state index is 0.421. The number of carbonyl (C=O) groups is 1. The van der Waals surface area contributed by atoms with Crippen LogP contribution in [0.25, 0.3) is 23.0 Å². The number of hydrogen-bond donors (Lipinski definition) is 0. The van der Waals surface area contributed by atoms with E-state index in [9.17, 15) is 4.79 Å². The van der Waals surface area contributed by atoms with Crippen LogP contribution in [0.15, 0.2) is 60.8 Å². The highest BCUT2D eigenvalue weighted by Gasteiger charge is 2.16. The van der Waals surface area contributed by atoms with Crippen LogP contribution in [0, 0.1) is 0 Å². The number of benzene rings is 2. The number of esters is 1. The maximum absolute atomic E-state index is 11.5. The summed E-state index contributed by atoms with van der Waals surface area (Å²) in [7, 11) is 1.35. The van der Waals surface area contributed by atoms with E-state index < -0.39 is 5.97 Å². The first kappa shape index (κ1) is 16.9. The van der Waals surface area contributed by atoms with Gasteiger partial charge in [0.15, 0.2) is 11.5 Å². The second-order valence-electron chi connectivity index (χ2n) is 5.93. The number of methoxy groups -OCH3 is 1. The predicted octanol–water partition coefficient (Wildman–Crippen LogP) is 3.50. The number of hydrogen-bond acceptors (Lipinski definition) is 5. The van der Waals surface area contributed by atoms with Crippen molar-refractivity contribution in [1.29, 1.82) is 0 Å². The highest BCUT2D eigenvalue weighted by atomic mass is 16.6. The lowest BCUT2D eigenvalue weighted by Gasteiger charge is -2.18. The van der Waals surface area contributed by atoms with Crippen LogP contribution < -0.4 is 9.47 Å². The number of carbonyl (C=O) groups excluding carboxylic acids is 1. The van der Waals surface area contributed by atoms with Crippen molar-refractivity contribution < 1.29 is 19.0 Å². The molecule has 0 fully saturated rings. The van der Waals surface area contributed by atoms with Crippen molar-refractivity contribution in [2.45, 2.75) is 0 Å². The molecule has 136 valence electrons. The van der Waals surface area contributed by atoms with Gasteiger partial charge in [-0.15, -0.1) is 0 Å². The summed E-state index contributed by atoms with van der Waals surface area (Å²) in [6, 6.07) is 15.5. The molecule has 0 aliphatic carbocycles. The highest BCUT2D eigenvalue weighted by Crippen LogP contribution is 2.35. The molecule has 6 heteroatoms. The number of aromatic nitrogens is 2. The van der Waals surface area contributed by atoms with Crippen molar-refractivity contribution in [2.24, 2.45) is 0 Å². The molecule has 2 heterocycles. The Labute approximate surface area is 156 Å². The Morgan fingerprint density at radius 1 is 1.11 bits per heavy atom. The van der Waals surface area contributed by atoms with Crippen molar-refractivity contribution in [3.05, 3.63) is 66.4 Å². The third kappa shape index (κ3) is 3.55. The molecule has 0 saturated heterocycles. The number of fused-ring (bicyclic) bond motifs is 1. The van der Waals surface area contributed by atoms with Crippen molar-refractivity contribution in [2.75, 3.05) is 20.3 Å². The molecule has 0 bridgehead atoms. The van der Waals surface area contributed by atoms with Gasteiger partial charge in [-0.05, 0) is 36.4 Å². The molecule has 1 aliphatic heterocycles. The van der Waals surface area contributed by atoms with Crippen molar-refractivity contribution >= 4 is 12.0 Å². The number of ether oxygens (including phenoxy) is 3. The van der Waals surface area contributed by atoms with E-state index in [2.05, 4.69) is 0 Å². The average molecular weight is 362 g/mol. The van der Waals surface area contributed by atoms with Gasteiger partial charge in [0.05, 0.1) is 12.8 Å². The van der Waals surface area contributed by atoms with Crippen LogP contribution in [-0.4, -0.2) is 36.1 Å². The topological polar surface area (TPSA) is 62.6 Å². The van der Waals surface area contributed by atoms with Crippen LogP contribution >= 0.6 is 0 Å². The van der Waals surface area contributed by atoms with Crippen LogP contribution in [0.3, 0.4) is 0 Å². The summed E-state index contributed by atoms with van der Waals surface area (Å²) in [4.78, 5) is 11.5. The second kappa shape index (κ2) is 7.37. The van der Waals surface area contributed by atoms with Crippen molar-refractivity contribution in [1.82, 2.24) is 9.78 Å². The van der Waals surface area contributed by atoms with E-state index in [0.717, 1.165) is 28.3 Å². The molecule has 0 atom stereocenters. The lowest BCUT2D eigenvalue weighted by molar-refractivity contribution is -0.134. The number of rotatable bonds is 4. The summed E-state index contributed by atoms with van der Waals surface area (Å²) in [5.74, 6) is 0.991. The van der Waals surface area contributed by atoms with E-state index in [4.69, 9.17) is 19.3 Å². The van der Waals surface area contributed by atoms with E-state index in [1.165, 1.54) is 13.2 Å². The Bertz CT molecular complexity index is 993. The summed E-state index contributed by atoms with van der Waals surface area (Å²) in [6.45, 7) is 1.06. The van der Waals surface area contributed by atoms with E-state index in [1.807, 2.05) is 54.7 Å². The summed E-state index contributed by atoms with van der Waals surface area (Å²) in [6.07, 6.45) is 4.96. The first-order valence-electron chi connectivity index (χ1n) is 8.56. The predicted molar refractivity (Wildman–Crippen MR) is 101 cm³/mol. The van der Waals surface area contributed by atoms with Gasteiger partial charge in [-0.1, -0.05) is 18.2 Å². The maximum Gasteiger partial charge on any atom is 0.330 e. The normalized spacial score (nSPS) is 12.9. The molecular weight excluding hydrogens is 344 g/mol. The average Bonchev–Trinajstić information content (AvgIpc) is 3.16. The molecule has 2 aromatic carbocycles. The van der Waals surface area contributed by atoms with Crippen LogP contribution in [0.5, 0.6) is 11.5 Å². The molecule has 0 radical (unpaired) electrons. The van der Waals surface area contributed by atoms with Gasteiger partial charge in [-0.2, -0.15) is 5.10 Å². The molecule has 27 heavy (non-hydrogen) atoms. The van der Waals surface area contributed by atoms with E-state index in [1.54, 1.807) is 10.8 Å². The molecular formula is C21H18N2O4. The van der Waals surface area contributed by atoms with Crippen LogP contribution in [-0.2, 0) is 9.53 Å². The van der Waals surface area contributed by atoms with Gasteiger partial charge in [0, 0.05) is 23.4 Å². The zero-order chi connectivity index (χ0) is 18.6. The Balaban J connectivity index is 1.79. The first-order chi connectivity index (χ1) is 13.2. The van der Waals surface area contributed by atoms with Crippen LogP contribution in [0.4, 0.5) is 0 Å². The standard InChI is InChI=1S/C21H18N2O4/c1-25-20(24)10-8-16-14-23(17-5-3-2-4-6-17)22-21(16)15-7-9-18-19(13-15)27-12-11-26-18/h2-10,13-14H,11-12H2,1H3/b10-8+. The molecule has 6 nitrogen and oxygen atoms in total. The van der Waals surface area contributed by atoms with Crippen LogP contribution in [0.2, 0.25) is 0 Å². The zero-order valence-electron chi connectivity index (χ0n) is 14.8. The van der Waals surface area contributed by atoms with Gasteiger partial charge < -0.3 is 14.2 Å². The zero-order valence-corrected chi connectivity index (χ0v) is 14.8. The summed E-state index contributed by atoms with van der Waals surface area (Å²) < 4.78 is 17.7. The fraction of sp³-hybridized carbons (Fsp3) is 0.143. The smallest absolute Gasteiger partial charge is 0.330 e. The van der Waals surface area contributed by atoms with E-state index in [0.29, 0.717) is 19.0 Å². The molecule has 1 aromatic heterocycles. The Morgan fingerprint density at radius 3 is 2.67 bits per heavy atom. The Kier molecular flexibility index (Phi) is 4.61.